The van der Waals surface area contributed by atoms with Gasteiger partial charge in [-0.25, -0.2) is 4.98 Å². The van der Waals surface area contributed by atoms with Gasteiger partial charge in [0.15, 0.2) is 11.6 Å². The van der Waals surface area contributed by atoms with E-state index < -0.39 is 5.60 Å². The van der Waals surface area contributed by atoms with E-state index in [0.717, 1.165) is 32.4 Å². The van der Waals surface area contributed by atoms with E-state index in [1.165, 1.54) is 6.26 Å². The number of rotatable bonds is 4. The number of amides is 2. The summed E-state index contributed by atoms with van der Waals surface area (Å²) in [6.45, 7) is 6.76. The summed E-state index contributed by atoms with van der Waals surface area (Å²) in [5.41, 5.74) is -0.451. The van der Waals surface area contributed by atoms with Gasteiger partial charge in [0.1, 0.15) is 6.26 Å². The summed E-state index contributed by atoms with van der Waals surface area (Å²) in [5, 5.41) is 14.1. The molecule has 2 amide bonds. The predicted octanol–water partition coefficient (Wildman–Crippen LogP) is 0.941. The molecule has 0 unspecified atom stereocenters. The molecule has 2 saturated heterocycles. The summed E-state index contributed by atoms with van der Waals surface area (Å²) >= 11 is 0. The van der Waals surface area contributed by atoms with Crippen LogP contribution in [-0.4, -0.2) is 76.1 Å². The standard InChI is InChI=1S/C19H30N4O4/c1-14(24)20-16-4-9-22(10-5-16)13-19(26)6-3-8-23(11-7-19)18(25)17-12-27-15(2)21-17/h12,16,26H,3-11,13H2,1-2H3,(H,20,24)/t19-/m1/s1. The third-order valence-corrected chi connectivity index (χ3v) is 5.56. The van der Waals surface area contributed by atoms with Crippen molar-refractivity contribution in [3.8, 4) is 0 Å². The van der Waals surface area contributed by atoms with E-state index in [9.17, 15) is 14.7 Å². The molecule has 0 radical (unpaired) electrons. The number of aryl methyl sites for hydroxylation is 1. The van der Waals surface area contributed by atoms with Crippen molar-refractivity contribution in [1.29, 1.82) is 0 Å². The van der Waals surface area contributed by atoms with Gasteiger partial charge in [0.05, 0.1) is 5.60 Å². The molecule has 0 spiro atoms. The largest absolute Gasteiger partial charge is 0.448 e. The Kier molecular flexibility index (Phi) is 6.16. The fraction of sp³-hybridized carbons (Fsp3) is 0.737. The topological polar surface area (TPSA) is 98.9 Å². The lowest BCUT2D eigenvalue weighted by atomic mass is 9.93. The third-order valence-electron chi connectivity index (χ3n) is 5.56. The highest BCUT2D eigenvalue weighted by molar-refractivity contribution is 5.92. The predicted molar refractivity (Wildman–Crippen MR) is 99.2 cm³/mol. The van der Waals surface area contributed by atoms with Crippen molar-refractivity contribution >= 4 is 11.8 Å². The van der Waals surface area contributed by atoms with E-state index in [-0.39, 0.29) is 17.9 Å². The van der Waals surface area contributed by atoms with Gasteiger partial charge in [-0.15, -0.1) is 0 Å². The Labute approximate surface area is 159 Å². The molecule has 150 valence electrons. The van der Waals surface area contributed by atoms with Crippen LogP contribution in [0.3, 0.4) is 0 Å². The van der Waals surface area contributed by atoms with Crippen LogP contribution in [-0.2, 0) is 4.79 Å². The van der Waals surface area contributed by atoms with Crippen molar-refractivity contribution in [2.45, 2.75) is 57.6 Å². The summed E-state index contributed by atoms with van der Waals surface area (Å²) in [4.78, 5) is 31.9. The Morgan fingerprint density at radius 2 is 2.04 bits per heavy atom. The van der Waals surface area contributed by atoms with E-state index >= 15 is 0 Å². The highest BCUT2D eigenvalue weighted by atomic mass is 16.3. The number of carbonyl (C=O) groups is 2. The minimum atomic E-state index is -0.782. The van der Waals surface area contributed by atoms with Crippen molar-refractivity contribution < 1.29 is 19.1 Å². The summed E-state index contributed by atoms with van der Waals surface area (Å²) in [7, 11) is 0. The number of nitrogens with one attached hydrogen (secondary N) is 1. The zero-order valence-corrected chi connectivity index (χ0v) is 16.2. The normalized spacial score (nSPS) is 25.2. The van der Waals surface area contributed by atoms with Crippen LogP contribution >= 0.6 is 0 Å². The first-order valence-corrected chi connectivity index (χ1v) is 9.78. The summed E-state index contributed by atoms with van der Waals surface area (Å²) in [5.74, 6) is 0.363. The number of aromatic nitrogens is 1. The minimum absolute atomic E-state index is 0.0166. The molecule has 0 saturated carbocycles. The monoisotopic (exact) mass is 378 g/mol. The average Bonchev–Trinajstić information content (AvgIpc) is 2.95. The molecule has 2 aliphatic heterocycles. The van der Waals surface area contributed by atoms with E-state index in [1.54, 1.807) is 18.7 Å². The number of hydrogen-bond donors (Lipinski definition) is 2. The van der Waals surface area contributed by atoms with Gasteiger partial charge in [0, 0.05) is 52.6 Å². The minimum Gasteiger partial charge on any atom is -0.448 e. The maximum absolute atomic E-state index is 12.6. The fourth-order valence-corrected chi connectivity index (χ4v) is 4.10. The molecular formula is C19H30N4O4. The number of aliphatic hydroxyl groups is 1. The summed E-state index contributed by atoms with van der Waals surface area (Å²) in [6.07, 6.45) is 5.22. The maximum Gasteiger partial charge on any atom is 0.275 e. The molecule has 8 heteroatoms. The van der Waals surface area contributed by atoms with Crippen LogP contribution in [0.1, 0.15) is 55.4 Å². The second-order valence-electron chi connectivity index (χ2n) is 7.87. The van der Waals surface area contributed by atoms with E-state index in [0.29, 0.717) is 44.1 Å². The first kappa shape index (κ1) is 19.8. The number of piperidine rings is 1. The maximum atomic E-state index is 12.6. The highest BCUT2D eigenvalue weighted by Crippen LogP contribution is 2.26. The molecular weight excluding hydrogens is 348 g/mol. The second kappa shape index (κ2) is 8.39. The highest BCUT2D eigenvalue weighted by Gasteiger charge is 2.35. The molecule has 3 rings (SSSR count). The Morgan fingerprint density at radius 1 is 1.30 bits per heavy atom. The number of hydrogen-bond acceptors (Lipinski definition) is 6. The number of β-amino-alcohol motifs (C(OH)–C–C–N with tert-alkyl or cyclic N) is 1. The van der Waals surface area contributed by atoms with Crippen LogP contribution in [0.25, 0.3) is 0 Å². The van der Waals surface area contributed by atoms with Crippen LogP contribution in [0, 0.1) is 6.92 Å². The van der Waals surface area contributed by atoms with Crippen LogP contribution in [0.4, 0.5) is 0 Å². The summed E-state index contributed by atoms with van der Waals surface area (Å²) < 4.78 is 5.14. The van der Waals surface area contributed by atoms with Crippen LogP contribution < -0.4 is 5.32 Å². The van der Waals surface area contributed by atoms with Gasteiger partial charge in [0.2, 0.25) is 5.91 Å². The average molecular weight is 378 g/mol. The lowest BCUT2D eigenvalue weighted by Crippen LogP contribution is -2.50. The molecule has 2 N–H and O–H groups in total. The SMILES string of the molecule is CC(=O)NC1CCN(C[C@@]2(O)CCCN(C(=O)c3coc(C)n3)CC2)CC1. The van der Waals surface area contributed by atoms with Gasteiger partial charge >= 0.3 is 0 Å². The Balaban J connectivity index is 1.51. The van der Waals surface area contributed by atoms with Gasteiger partial charge in [-0.1, -0.05) is 0 Å². The molecule has 2 fully saturated rings. The quantitative estimate of drug-likeness (QED) is 0.809. The van der Waals surface area contributed by atoms with Crippen molar-refractivity contribution in [1.82, 2.24) is 20.1 Å². The van der Waals surface area contributed by atoms with Gasteiger partial charge in [0.25, 0.3) is 5.91 Å². The van der Waals surface area contributed by atoms with E-state index in [4.69, 9.17) is 4.42 Å². The Morgan fingerprint density at radius 3 is 2.67 bits per heavy atom. The van der Waals surface area contributed by atoms with Gasteiger partial charge in [-0.3, -0.25) is 9.59 Å². The van der Waals surface area contributed by atoms with Crippen molar-refractivity contribution in [3.05, 3.63) is 17.8 Å². The molecule has 1 atom stereocenters. The second-order valence-corrected chi connectivity index (χ2v) is 7.87. The van der Waals surface area contributed by atoms with Gasteiger partial charge in [-0.2, -0.15) is 0 Å². The lowest BCUT2D eigenvalue weighted by Gasteiger charge is -2.38. The molecule has 0 bridgehead atoms. The van der Waals surface area contributed by atoms with Crippen LogP contribution in [0.2, 0.25) is 0 Å². The molecule has 3 heterocycles. The third kappa shape index (κ3) is 5.29. The molecule has 0 aliphatic carbocycles. The number of carbonyl (C=O) groups excluding carboxylic acids is 2. The smallest absolute Gasteiger partial charge is 0.275 e. The lowest BCUT2D eigenvalue weighted by molar-refractivity contribution is -0.120. The molecule has 2 aliphatic rings. The molecule has 27 heavy (non-hydrogen) atoms. The van der Waals surface area contributed by atoms with Crippen molar-refractivity contribution in [2.24, 2.45) is 0 Å². The number of likely N-dealkylation sites (tertiary alicyclic amines) is 2. The van der Waals surface area contributed by atoms with Gasteiger partial charge in [-0.05, 0) is 32.1 Å². The van der Waals surface area contributed by atoms with E-state index in [2.05, 4.69) is 15.2 Å². The number of oxazole rings is 1. The van der Waals surface area contributed by atoms with Gasteiger partial charge < -0.3 is 24.6 Å². The molecule has 1 aromatic heterocycles. The first-order valence-electron chi connectivity index (χ1n) is 9.78. The number of nitrogens with zero attached hydrogens (tertiary/aromatic N) is 3. The Bertz CT molecular complexity index is 668. The molecule has 8 nitrogen and oxygen atoms in total. The Hall–Kier alpha value is -1.93. The van der Waals surface area contributed by atoms with Crippen LogP contribution in [0.5, 0.6) is 0 Å². The van der Waals surface area contributed by atoms with Crippen LogP contribution in [0.15, 0.2) is 10.7 Å². The molecule has 0 aromatic carbocycles. The van der Waals surface area contributed by atoms with Crippen molar-refractivity contribution in [3.63, 3.8) is 0 Å². The zero-order chi connectivity index (χ0) is 19.4. The van der Waals surface area contributed by atoms with E-state index in [1.807, 2.05) is 0 Å². The molecule has 1 aromatic rings. The van der Waals surface area contributed by atoms with Crippen molar-refractivity contribution in [2.75, 3.05) is 32.7 Å². The first-order chi connectivity index (χ1) is 12.8. The zero-order valence-electron chi connectivity index (χ0n) is 16.2. The summed E-state index contributed by atoms with van der Waals surface area (Å²) in [6, 6.07) is 0.238. The fourth-order valence-electron chi connectivity index (χ4n) is 4.10.